The molecule has 0 aromatic heterocycles. The van der Waals surface area contributed by atoms with Gasteiger partial charge in [0.05, 0.1) is 13.2 Å². The van der Waals surface area contributed by atoms with Crippen LogP contribution in [0.1, 0.15) is 18.4 Å². The largest absolute Gasteiger partial charge is 0.493 e. The van der Waals surface area contributed by atoms with E-state index in [-0.39, 0.29) is 6.54 Å². The van der Waals surface area contributed by atoms with Gasteiger partial charge < -0.3 is 10.1 Å². The van der Waals surface area contributed by atoms with E-state index in [0.29, 0.717) is 39.4 Å². The number of carbonyl (C=O) groups excluding carboxylic acids is 3. The normalized spacial score (nSPS) is 18.2. The lowest BCUT2D eigenvalue weighted by Gasteiger charge is -2.45. The summed E-state index contributed by atoms with van der Waals surface area (Å²) in [4.78, 5) is 49.9. The first-order valence-corrected chi connectivity index (χ1v) is 11.0. The highest BCUT2D eigenvalue weighted by atomic mass is 35.5. The summed E-state index contributed by atoms with van der Waals surface area (Å²) in [5, 5.41) is 6.64. The number of hydrogen-bond donors (Lipinski definition) is 2. The molecule has 0 bridgehead atoms. The molecule has 5 amide bonds. The van der Waals surface area contributed by atoms with Crippen molar-refractivity contribution >= 4 is 35.3 Å². The third kappa shape index (κ3) is 5.43. The second-order valence-corrected chi connectivity index (χ2v) is 8.53. The molecule has 0 radical (unpaired) electrons. The minimum absolute atomic E-state index is 0.0381. The standard InChI is InChI=1S/C22H23ClN6O5/c23-16-5-3-14(4-6-16)11-27-20(29(24)22(32)28(21(27)31)12-19(30)26-33)25-17-7-9-18(10-8-17)34-13-15-1-2-15/h3-10,15,20,25H,1-2,11-13,24H2. The molecule has 1 aliphatic carbocycles. The van der Waals surface area contributed by atoms with Gasteiger partial charge in [-0.05, 0) is 60.7 Å². The molecule has 2 aliphatic rings. The summed E-state index contributed by atoms with van der Waals surface area (Å²) in [5.41, 5.74) is 1.29. The SMILES string of the molecule is NN1C(=O)N(CC(=O)N=O)C(=O)N(Cc2ccc(Cl)cc2)C1Nc1ccc(OCC2CC2)cc1. The molecule has 4 rings (SSSR count). The number of carbonyl (C=O) groups is 3. The number of imide groups is 1. The second-order valence-electron chi connectivity index (χ2n) is 8.09. The highest BCUT2D eigenvalue weighted by molar-refractivity contribution is 6.30. The van der Waals surface area contributed by atoms with Crippen LogP contribution in [0.2, 0.25) is 5.02 Å². The van der Waals surface area contributed by atoms with Crippen molar-refractivity contribution in [2.75, 3.05) is 18.5 Å². The van der Waals surface area contributed by atoms with E-state index in [1.807, 2.05) is 0 Å². The number of urea groups is 2. The van der Waals surface area contributed by atoms with Crippen LogP contribution in [0.5, 0.6) is 5.75 Å². The summed E-state index contributed by atoms with van der Waals surface area (Å²) in [7, 11) is 0. The van der Waals surface area contributed by atoms with E-state index >= 15 is 0 Å². The van der Waals surface area contributed by atoms with E-state index in [1.54, 1.807) is 48.5 Å². The number of benzene rings is 2. The average molecular weight is 487 g/mol. The van der Waals surface area contributed by atoms with Crippen LogP contribution in [0.4, 0.5) is 15.3 Å². The van der Waals surface area contributed by atoms with Gasteiger partial charge in [0.25, 0.3) is 0 Å². The fraction of sp³-hybridized carbons (Fsp3) is 0.318. The molecular formula is C22H23ClN6O5. The lowest BCUT2D eigenvalue weighted by atomic mass is 10.2. The van der Waals surface area contributed by atoms with Crippen molar-refractivity contribution in [3.63, 3.8) is 0 Å². The molecule has 2 fully saturated rings. The molecular weight excluding hydrogens is 464 g/mol. The first kappa shape index (κ1) is 23.5. The summed E-state index contributed by atoms with van der Waals surface area (Å²) < 4.78 is 5.74. The minimum atomic E-state index is -1.17. The van der Waals surface area contributed by atoms with Crippen LogP contribution in [0, 0.1) is 10.8 Å². The quantitative estimate of drug-likeness (QED) is 0.315. The molecule has 34 heavy (non-hydrogen) atoms. The molecule has 1 saturated heterocycles. The smallest absolute Gasteiger partial charge is 0.346 e. The highest BCUT2D eigenvalue weighted by Crippen LogP contribution is 2.30. The summed E-state index contributed by atoms with van der Waals surface area (Å²) in [6.07, 6.45) is 1.29. The van der Waals surface area contributed by atoms with Crippen LogP contribution in [0.25, 0.3) is 0 Å². The molecule has 0 spiro atoms. The maximum atomic E-state index is 13.2. The van der Waals surface area contributed by atoms with E-state index in [1.165, 1.54) is 17.7 Å². The van der Waals surface area contributed by atoms with Gasteiger partial charge in [-0.1, -0.05) is 23.7 Å². The number of anilines is 1. The lowest BCUT2D eigenvalue weighted by molar-refractivity contribution is -0.118. The van der Waals surface area contributed by atoms with Crippen LogP contribution < -0.4 is 15.9 Å². The Morgan fingerprint density at radius 2 is 1.76 bits per heavy atom. The fourth-order valence-electron chi connectivity index (χ4n) is 3.42. The van der Waals surface area contributed by atoms with Crippen molar-refractivity contribution in [2.45, 2.75) is 25.7 Å². The van der Waals surface area contributed by atoms with Gasteiger partial charge in [0.1, 0.15) is 12.3 Å². The van der Waals surface area contributed by atoms with Crippen molar-refractivity contribution < 1.29 is 19.1 Å². The van der Waals surface area contributed by atoms with E-state index in [9.17, 15) is 19.3 Å². The Balaban J connectivity index is 1.55. The van der Waals surface area contributed by atoms with Crippen LogP contribution >= 0.6 is 11.6 Å². The van der Waals surface area contributed by atoms with Gasteiger partial charge in [-0.15, -0.1) is 4.91 Å². The highest BCUT2D eigenvalue weighted by Gasteiger charge is 2.44. The summed E-state index contributed by atoms with van der Waals surface area (Å²) in [6, 6.07) is 12.1. The number of nitrogens with zero attached hydrogens (tertiary/aromatic N) is 4. The van der Waals surface area contributed by atoms with Crippen molar-refractivity contribution in [3.8, 4) is 5.75 Å². The maximum Gasteiger partial charge on any atom is 0.346 e. The van der Waals surface area contributed by atoms with E-state index in [4.69, 9.17) is 22.2 Å². The number of halogens is 1. The molecule has 3 N–H and O–H groups in total. The minimum Gasteiger partial charge on any atom is -0.493 e. The van der Waals surface area contributed by atoms with Gasteiger partial charge in [-0.3, -0.25) is 9.69 Å². The monoisotopic (exact) mass is 486 g/mol. The number of rotatable bonds is 9. The van der Waals surface area contributed by atoms with Gasteiger partial charge in [0.15, 0.2) is 0 Å². The van der Waals surface area contributed by atoms with Gasteiger partial charge in [-0.2, -0.15) is 0 Å². The van der Waals surface area contributed by atoms with Gasteiger partial charge in [0, 0.05) is 15.9 Å². The number of ether oxygens (including phenoxy) is 1. The third-order valence-corrected chi connectivity index (χ3v) is 5.73. The Morgan fingerprint density at radius 3 is 2.38 bits per heavy atom. The van der Waals surface area contributed by atoms with Crippen molar-refractivity contribution in [2.24, 2.45) is 16.9 Å². The zero-order valence-corrected chi connectivity index (χ0v) is 18.9. The molecule has 1 atom stereocenters. The topological polar surface area (TPSA) is 138 Å². The molecule has 12 heteroatoms. The Kier molecular flexibility index (Phi) is 6.94. The lowest BCUT2D eigenvalue weighted by Crippen LogP contribution is -2.70. The first-order chi connectivity index (χ1) is 16.4. The summed E-state index contributed by atoms with van der Waals surface area (Å²) in [5.74, 6) is 6.20. The number of nitrogens with one attached hydrogen (secondary N) is 1. The molecule has 178 valence electrons. The maximum absolute atomic E-state index is 13.2. The number of hydrazine groups is 1. The van der Waals surface area contributed by atoms with E-state index < -0.39 is 30.8 Å². The molecule has 1 heterocycles. The van der Waals surface area contributed by atoms with Crippen LogP contribution in [-0.4, -0.2) is 52.2 Å². The van der Waals surface area contributed by atoms with Crippen molar-refractivity contribution in [1.82, 2.24) is 14.8 Å². The van der Waals surface area contributed by atoms with Gasteiger partial charge >= 0.3 is 18.0 Å². The summed E-state index contributed by atoms with van der Waals surface area (Å²) >= 11 is 5.95. The van der Waals surface area contributed by atoms with Crippen LogP contribution in [-0.2, 0) is 11.3 Å². The Labute approximate surface area is 200 Å². The van der Waals surface area contributed by atoms with Crippen LogP contribution in [0.15, 0.2) is 53.7 Å². The van der Waals surface area contributed by atoms with Gasteiger partial charge in [-0.25, -0.2) is 25.3 Å². The molecule has 2 aromatic carbocycles. The molecule has 1 saturated carbocycles. The zero-order valence-electron chi connectivity index (χ0n) is 18.1. The van der Waals surface area contributed by atoms with Crippen LogP contribution in [0.3, 0.4) is 0 Å². The number of amides is 5. The van der Waals surface area contributed by atoms with E-state index in [2.05, 4.69) is 10.5 Å². The summed E-state index contributed by atoms with van der Waals surface area (Å²) in [6.45, 7) is -0.101. The average Bonchev–Trinajstić information content (AvgIpc) is 3.67. The predicted molar refractivity (Wildman–Crippen MR) is 123 cm³/mol. The first-order valence-electron chi connectivity index (χ1n) is 10.6. The molecule has 11 nitrogen and oxygen atoms in total. The van der Waals surface area contributed by atoms with Crippen molar-refractivity contribution in [1.29, 1.82) is 0 Å². The Hall–Kier alpha value is -3.70. The van der Waals surface area contributed by atoms with E-state index in [0.717, 1.165) is 5.01 Å². The Bertz CT molecular complexity index is 1080. The molecule has 1 aliphatic heterocycles. The number of hydrogen-bond acceptors (Lipinski definition) is 7. The predicted octanol–water partition coefficient (Wildman–Crippen LogP) is 3.35. The third-order valence-electron chi connectivity index (χ3n) is 5.48. The molecule has 1 unspecified atom stereocenters. The molecule has 2 aromatic rings. The zero-order chi connectivity index (χ0) is 24.2. The Morgan fingerprint density at radius 1 is 1.09 bits per heavy atom. The second kappa shape index (κ2) is 10.1. The number of nitroso groups, excluding NO2 is 1. The van der Waals surface area contributed by atoms with Crippen molar-refractivity contribution in [3.05, 3.63) is 64.0 Å². The fourth-order valence-corrected chi connectivity index (χ4v) is 3.54. The van der Waals surface area contributed by atoms with Gasteiger partial charge in [0.2, 0.25) is 6.29 Å². The number of nitrogens with two attached hydrogens (primary N) is 1.